The molecule has 21 heavy (non-hydrogen) atoms. The van der Waals surface area contributed by atoms with E-state index in [9.17, 15) is 22.7 Å². The molecule has 2 unspecified atom stereocenters. The van der Waals surface area contributed by atoms with Gasteiger partial charge < -0.3 is 9.84 Å². The molecule has 0 spiro atoms. The summed E-state index contributed by atoms with van der Waals surface area (Å²) in [6.45, 7) is 1.27. The summed E-state index contributed by atoms with van der Waals surface area (Å²) < 4.78 is 43.9. The third kappa shape index (κ3) is 2.92. The van der Waals surface area contributed by atoms with Gasteiger partial charge in [-0.3, -0.25) is 4.79 Å². The number of esters is 1. The van der Waals surface area contributed by atoms with E-state index in [2.05, 4.69) is 4.74 Å². The van der Waals surface area contributed by atoms with Crippen molar-refractivity contribution < 1.29 is 27.4 Å². The van der Waals surface area contributed by atoms with Crippen LogP contribution in [0.15, 0.2) is 23.1 Å². The fraction of sp³-hybridized carbons (Fsp3) is 0.462. The molecule has 0 saturated carbocycles. The first-order valence-electron chi connectivity index (χ1n) is 6.31. The second-order valence-electron chi connectivity index (χ2n) is 4.91. The molecule has 1 aliphatic rings. The molecule has 2 rings (SSSR count). The van der Waals surface area contributed by atoms with Gasteiger partial charge >= 0.3 is 5.97 Å². The molecule has 0 radical (unpaired) electrons. The zero-order valence-corrected chi connectivity index (χ0v) is 12.4. The van der Waals surface area contributed by atoms with Crippen LogP contribution in [0.3, 0.4) is 0 Å². The average molecular weight is 317 g/mol. The van der Waals surface area contributed by atoms with Gasteiger partial charge in [0.15, 0.2) is 0 Å². The highest BCUT2D eigenvalue weighted by Gasteiger charge is 2.44. The molecular formula is C13H16FNO5S. The third-order valence-electron chi connectivity index (χ3n) is 3.43. The maximum Gasteiger partial charge on any atom is 0.324 e. The highest BCUT2D eigenvalue weighted by atomic mass is 32.2. The molecule has 0 bridgehead atoms. The Morgan fingerprint density at radius 2 is 2.14 bits per heavy atom. The number of rotatable bonds is 3. The van der Waals surface area contributed by atoms with Crippen molar-refractivity contribution in [2.75, 3.05) is 13.7 Å². The lowest BCUT2D eigenvalue weighted by atomic mass is 10.2. The number of hydrogen-bond donors (Lipinski definition) is 1. The van der Waals surface area contributed by atoms with E-state index in [0.717, 1.165) is 29.6 Å². The minimum atomic E-state index is -4.02. The topological polar surface area (TPSA) is 83.9 Å². The first kappa shape index (κ1) is 15.9. The van der Waals surface area contributed by atoms with Crippen LogP contribution >= 0.6 is 0 Å². The normalized spacial score (nSPS) is 23.2. The highest BCUT2D eigenvalue weighted by Crippen LogP contribution is 2.28. The molecule has 1 saturated heterocycles. The molecule has 0 amide bonds. The summed E-state index contributed by atoms with van der Waals surface area (Å²) in [5.41, 5.74) is 0.236. The molecule has 0 aliphatic carbocycles. The molecule has 8 heteroatoms. The van der Waals surface area contributed by atoms with Crippen LogP contribution in [-0.4, -0.2) is 49.6 Å². The summed E-state index contributed by atoms with van der Waals surface area (Å²) in [6.07, 6.45) is -0.962. The quantitative estimate of drug-likeness (QED) is 0.818. The van der Waals surface area contributed by atoms with Gasteiger partial charge in [0, 0.05) is 13.0 Å². The average Bonchev–Trinajstić information content (AvgIpc) is 2.80. The lowest BCUT2D eigenvalue weighted by molar-refractivity contribution is -0.144. The summed E-state index contributed by atoms with van der Waals surface area (Å²) in [4.78, 5) is 11.6. The monoisotopic (exact) mass is 317 g/mol. The first-order valence-corrected chi connectivity index (χ1v) is 7.75. The van der Waals surface area contributed by atoms with Gasteiger partial charge in [-0.2, -0.15) is 4.31 Å². The standard InChI is InChI=1S/C13H16FNO5S/c1-8-5-9(14)3-4-12(8)21(18,19)15-7-10(16)6-11(15)13(17)20-2/h3-5,10-11,16H,6-7H2,1-2H3. The van der Waals surface area contributed by atoms with E-state index in [4.69, 9.17) is 0 Å². The highest BCUT2D eigenvalue weighted by molar-refractivity contribution is 7.89. The molecule has 2 atom stereocenters. The first-order chi connectivity index (χ1) is 9.77. The van der Waals surface area contributed by atoms with Crippen molar-refractivity contribution in [2.45, 2.75) is 30.4 Å². The number of carbonyl (C=O) groups is 1. The van der Waals surface area contributed by atoms with Crippen LogP contribution in [0, 0.1) is 12.7 Å². The molecule has 1 aromatic carbocycles. The lowest BCUT2D eigenvalue weighted by Crippen LogP contribution is -2.41. The predicted molar refractivity (Wildman–Crippen MR) is 71.5 cm³/mol. The molecule has 1 fully saturated rings. The van der Waals surface area contributed by atoms with Crippen LogP contribution in [0.2, 0.25) is 0 Å². The molecule has 1 aromatic rings. The van der Waals surface area contributed by atoms with Crippen molar-refractivity contribution in [2.24, 2.45) is 0 Å². The van der Waals surface area contributed by atoms with Crippen molar-refractivity contribution in [3.8, 4) is 0 Å². The van der Waals surface area contributed by atoms with Crippen molar-refractivity contribution in [1.82, 2.24) is 4.31 Å². The van der Waals surface area contributed by atoms with E-state index in [1.165, 1.54) is 6.92 Å². The minimum absolute atomic E-state index is 0.0217. The Kier molecular flexibility index (Phi) is 4.31. The van der Waals surface area contributed by atoms with Crippen LogP contribution < -0.4 is 0 Å². The van der Waals surface area contributed by atoms with Crippen LogP contribution in [0.5, 0.6) is 0 Å². The molecule has 116 valence electrons. The number of β-amino-alcohol motifs (C(OH)–C–C–N with tert-alkyl or cyclic N) is 1. The van der Waals surface area contributed by atoms with E-state index < -0.39 is 34.0 Å². The van der Waals surface area contributed by atoms with Gasteiger partial charge in [-0.1, -0.05) is 0 Å². The minimum Gasteiger partial charge on any atom is -0.468 e. The van der Waals surface area contributed by atoms with Crippen molar-refractivity contribution in [3.05, 3.63) is 29.6 Å². The van der Waals surface area contributed by atoms with E-state index >= 15 is 0 Å². The number of nitrogens with zero attached hydrogens (tertiary/aromatic N) is 1. The summed E-state index contributed by atoms with van der Waals surface area (Å²) in [6, 6.07) is 2.23. The van der Waals surface area contributed by atoms with E-state index in [-0.39, 0.29) is 23.4 Å². The van der Waals surface area contributed by atoms with Gasteiger partial charge in [0.25, 0.3) is 0 Å². The van der Waals surface area contributed by atoms with E-state index in [1.54, 1.807) is 0 Å². The van der Waals surface area contributed by atoms with Crippen LogP contribution in [-0.2, 0) is 19.6 Å². The molecule has 1 heterocycles. The van der Waals surface area contributed by atoms with Gasteiger partial charge in [-0.15, -0.1) is 0 Å². The Morgan fingerprint density at radius 1 is 1.48 bits per heavy atom. The Balaban J connectivity index is 2.44. The van der Waals surface area contributed by atoms with Crippen LogP contribution in [0.25, 0.3) is 0 Å². The number of sulfonamides is 1. The Labute approximate surface area is 122 Å². The number of carbonyl (C=O) groups excluding carboxylic acids is 1. The number of benzene rings is 1. The Hall–Kier alpha value is -1.51. The third-order valence-corrected chi connectivity index (χ3v) is 5.47. The second-order valence-corrected chi connectivity index (χ2v) is 6.77. The van der Waals surface area contributed by atoms with Crippen molar-refractivity contribution in [3.63, 3.8) is 0 Å². The summed E-state index contributed by atoms with van der Waals surface area (Å²) in [5.74, 6) is -1.27. The SMILES string of the molecule is COC(=O)C1CC(O)CN1S(=O)(=O)c1ccc(F)cc1C. The molecule has 1 aliphatic heterocycles. The molecular weight excluding hydrogens is 301 g/mol. The van der Waals surface area contributed by atoms with Crippen LogP contribution in [0.1, 0.15) is 12.0 Å². The number of methoxy groups -OCH3 is 1. The van der Waals surface area contributed by atoms with Gasteiger partial charge in [0.2, 0.25) is 10.0 Å². The van der Waals surface area contributed by atoms with Gasteiger partial charge in [-0.05, 0) is 30.7 Å². The number of aryl methyl sites for hydroxylation is 1. The Morgan fingerprint density at radius 3 is 2.71 bits per heavy atom. The molecule has 6 nitrogen and oxygen atoms in total. The van der Waals surface area contributed by atoms with Crippen molar-refractivity contribution >= 4 is 16.0 Å². The smallest absolute Gasteiger partial charge is 0.324 e. The molecule has 1 N–H and O–H groups in total. The number of aliphatic hydroxyl groups excluding tert-OH is 1. The van der Waals surface area contributed by atoms with Crippen molar-refractivity contribution in [1.29, 1.82) is 0 Å². The number of ether oxygens (including phenoxy) is 1. The predicted octanol–water partition coefficient (Wildman–Crippen LogP) is 0.431. The zero-order valence-electron chi connectivity index (χ0n) is 11.6. The maximum absolute atomic E-state index is 13.1. The van der Waals surface area contributed by atoms with Gasteiger partial charge in [0.1, 0.15) is 11.9 Å². The summed E-state index contributed by atoms with van der Waals surface area (Å²) >= 11 is 0. The second kappa shape index (κ2) is 5.70. The lowest BCUT2D eigenvalue weighted by Gasteiger charge is -2.22. The van der Waals surface area contributed by atoms with E-state index in [0.29, 0.717) is 0 Å². The van der Waals surface area contributed by atoms with Gasteiger partial charge in [-0.25, -0.2) is 12.8 Å². The largest absolute Gasteiger partial charge is 0.468 e. The fourth-order valence-corrected chi connectivity index (χ4v) is 4.26. The van der Waals surface area contributed by atoms with E-state index in [1.807, 2.05) is 0 Å². The van der Waals surface area contributed by atoms with Gasteiger partial charge in [0.05, 0.1) is 18.1 Å². The summed E-state index contributed by atoms with van der Waals surface area (Å²) in [5, 5.41) is 9.66. The Bertz CT molecular complexity index is 661. The summed E-state index contributed by atoms with van der Waals surface area (Å²) in [7, 11) is -2.86. The number of aliphatic hydroxyl groups is 1. The molecule has 0 aromatic heterocycles. The fourth-order valence-electron chi connectivity index (χ4n) is 2.43. The number of halogens is 1. The number of hydrogen-bond acceptors (Lipinski definition) is 5. The maximum atomic E-state index is 13.1. The van der Waals surface area contributed by atoms with Crippen LogP contribution in [0.4, 0.5) is 4.39 Å². The zero-order chi connectivity index (χ0) is 15.8.